The van der Waals surface area contributed by atoms with E-state index in [1.54, 1.807) is 24.4 Å². The van der Waals surface area contributed by atoms with E-state index in [9.17, 15) is 0 Å². The van der Waals surface area contributed by atoms with Crippen LogP contribution in [0.1, 0.15) is 122 Å². The summed E-state index contributed by atoms with van der Waals surface area (Å²) in [4.78, 5) is 1.10. The second-order valence-electron chi connectivity index (χ2n) is 22.1. The lowest BCUT2D eigenvalue weighted by atomic mass is 9.47. The Bertz CT molecular complexity index is 2180. The van der Waals surface area contributed by atoms with Crippen molar-refractivity contribution in [1.29, 1.82) is 0 Å². The number of benzene rings is 4. The largest absolute Gasteiger partial charge is 0.497 e. The van der Waals surface area contributed by atoms with Crippen LogP contribution in [0.4, 0.5) is 0 Å². The highest BCUT2D eigenvalue weighted by Gasteiger charge is 2.59. The summed E-state index contributed by atoms with van der Waals surface area (Å²) in [5.41, 5.74) is 5.68. The van der Waals surface area contributed by atoms with Crippen LogP contribution < -0.4 is 4.74 Å². The Morgan fingerprint density at radius 1 is 0.691 bits per heavy atom. The molecule has 0 N–H and O–H groups in total. The first kappa shape index (κ1) is 49.5. The van der Waals surface area contributed by atoms with Crippen molar-refractivity contribution in [3.63, 3.8) is 0 Å². The van der Waals surface area contributed by atoms with E-state index in [4.69, 9.17) is 28.4 Å². The summed E-state index contributed by atoms with van der Waals surface area (Å²) in [5.74, 6) is 5.73. The minimum Gasteiger partial charge on any atom is -0.497 e. The Morgan fingerprint density at radius 2 is 1.34 bits per heavy atom. The predicted octanol–water partition coefficient (Wildman–Crippen LogP) is 14.7. The molecule has 1 saturated heterocycles. The van der Waals surface area contributed by atoms with Crippen LogP contribution in [0.15, 0.2) is 132 Å². The number of allylic oxidation sites excluding steroid dienone is 1. The monoisotopic (exact) mass is 941 g/mol. The average molecular weight is 941 g/mol. The lowest BCUT2D eigenvalue weighted by molar-refractivity contribution is -0.286. The number of methoxy groups -OCH3 is 1. The fourth-order valence-corrected chi connectivity index (χ4v) is 15.0. The Labute approximate surface area is 413 Å². The second-order valence-corrected chi connectivity index (χ2v) is 23.4. The number of ether oxygens (including phenoxy) is 6. The average Bonchev–Trinajstić information content (AvgIpc) is 3.72. The molecule has 9 rings (SSSR count). The van der Waals surface area contributed by atoms with Crippen LogP contribution in [0, 0.1) is 46.3 Å². The highest BCUT2D eigenvalue weighted by Crippen LogP contribution is 2.67. The molecular weight excluding hydrogens is 861 g/mol. The molecule has 5 aliphatic rings. The first-order chi connectivity index (χ1) is 33.1. The van der Waals surface area contributed by atoms with Crippen LogP contribution in [-0.2, 0) is 43.5 Å². The van der Waals surface area contributed by atoms with Gasteiger partial charge in [0.25, 0.3) is 0 Å². The van der Waals surface area contributed by atoms with Gasteiger partial charge in [0.05, 0.1) is 44.9 Å². The maximum Gasteiger partial charge on any atom is 0.173 e. The molecule has 1 aliphatic heterocycles. The summed E-state index contributed by atoms with van der Waals surface area (Å²) in [6, 6.07) is 39.6. The van der Waals surface area contributed by atoms with Crippen molar-refractivity contribution < 1.29 is 28.4 Å². The summed E-state index contributed by atoms with van der Waals surface area (Å²) in [5, 5.41) is -0.240. The van der Waals surface area contributed by atoms with Crippen LogP contribution >= 0.6 is 11.8 Å². The molecule has 4 aromatic carbocycles. The molecule has 4 fully saturated rings. The number of thioether (sulfide) groups is 1. The smallest absolute Gasteiger partial charge is 0.173 e. The zero-order valence-corrected chi connectivity index (χ0v) is 42.8. The zero-order valence-electron chi connectivity index (χ0n) is 41.9. The molecule has 0 aromatic heterocycles. The molecule has 6 nitrogen and oxygen atoms in total. The molecule has 0 unspecified atom stereocenters. The topological polar surface area (TPSA) is 55.4 Å². The molecule has 0 radical (unpaired) electrons. The van der Waals surface area contributed by atoms with E-state index in [1.807, 2.05) is 24.3 Å². The van der Waals surface area contributed by atoms with Crippen LogP contribution in [0.2, 0.25) is 0 Å². The van der Waals surface area contributed by atoms with Gasteiger partial charge in [-0.3, -0.25) is 0 Å². The number of fused-ring (bicyclic) bond motifs is 5. The normalized spacial score (nSPS) is 32.7. The molecule has 3 saturated carbocycles. The third kappa shape index (κ3) is 11.3. The van der Waals surface area contributed by atoms with E-state index in [0.29, 0.717) is 31.8 Å². The van der Waals surface area contributed by atoms with Crippen LogP contribution in [0.25, 0.3) is 0 Å². The van der Waals surface area contributed by atoms with Crippen molar-refractivity contribution in [2.75, 3.05) is 13.7 Å². The van der Waals surface area contributed by atoms with Gasteiger partial charge in [0.2, 0.25) is 0 Å². The maximum atomic E-state index is 7.45. The highest BCUT2D eigenvalue weighted by atomic mass is 32.2. The summed E-state index contributed by atoms with van der Waals surface area (Å²) in [7, 11) is 1.71. The van der Waals surface area contributed by atoms with E-state index in [0.717, 1.165) is 82.1 Å². The maximum absolute atomic E-state index is 7.45. The van der Waals surface area contributed by atoms with E-state index in [2.05, 4.69) is 132 Å². The van der Waals surface area contributed by atoms with Gasteiger partial charge in [-0.25, -0.2) is 0 Å². The van der Waals surface area contributed by atoms with Crippen molar-refractivity contribution in [3.05, 3.63) is 144 Å². The Hall–Kier alpha value is -3.43. The van der Waals surface area contributed by atoms with Crippen molar-refractivity contribution >= 4 is 11.8 Å². The van der Waals surface area contributed by atoms with E-state index in [1.165, 1.54) is 51.4 Å². The van der Waals surface area contributed by atoms with Gasteiger partial charge in [-0.1, -0.05) is 157 Å². The molecule has 0 bridgehead atoms. The van der Waals surface area contributed by atoms with Crippen molar-refractivity contribution in [3.8, 4) is 5.75 Å². The number of hydrogen-bond acceptors (Lipinski definition) is 7. The molecule has 7 heteroatoms. The number of hydrogen-bond donors (Lipinski definition) is 0. The molecule has 4 aliphatic carbocycles. The van der Waals surface area contributed by atoms with Crippen molar-refractivity contribution in [1.82, 2.24) is 0 Å². The number of rotatable bonds is 20. The molecule has 13 atom stereocenters. The molecule has 366 valence electrons. The fourth-order valence-electron chi connectivity index (χ4n) is 13.8. The minimum absolute atomic E-state index is 0.0358. The summed E-state index contributed by atoms with van der Waals surface area (Å²) < 4.78 is 41.1. The summed E-state index contributed by atoms with van der Waals surface area (Å²) in [6.07, 6.45) is 15.0. The zero-order chi connectivity index (χ0) is 47.1. The van der Waals surface area contributed by atoms with Gasteiger partial charge in [-0.2, -0.15) is 0 Å². The van der Waals surface area contributed by atoms with Gasteiger partial charge in [0, 0.05) is 4.90 Å². The van der Waals surface area contributed by atoms with E-state index >= 15 is 0 Å². The second kappa shape index (κ2) is 22.8. The van der Waals surface area contributed by atoms with Gasteiger partial charge in [0.1, 0.15) is 24.1 Å². The molecule has 68 heavy (non-hydrogen) atoms. The SMILES string of the molecule is COc1ccc(S[C@H]2[C@H](O[C@H]3CC[C@@]4(C)C(=CC[C@H]5[C@@H]6CC[C@H]([C@H](C)CCCC(C)C)[C@@]6(C)CC[C@@H]54)C3)O[C@H](COCc3ccccc3)[C@@H](OCc3ccccc3)[C@@H]2OCc2ccccc2)cc1. The molecule has 0 spiro atoms. The third-order valence-corrected chi connectivity index (χ3v) is 18.8. The van der Waals surface area contributed by atoms with E-state index in [-0.39, 0.29) is 22.9 Å². The minimum atomic E-state index is -0.565. The van der Waals surface area contributed by atoms with Crippen molar-refractivity contribution in [2.45, 2.75) is 166 Å². The molecule has 4 aromatic rings. The van der Waals surface area contributed by atoms with Crippen molar-refractivity contribution in [2.24, 2.45) is 46.3 Å². The Kier molecular flexibility index (Phi) is 16.6. The summed E-state index contributed by atoms with van der Waals surface area (Å²) >= 11 is 1.76. The fraction of sp³-hybridized carbons (Fsp3) is 0.574. The first-order valence-electron chi connectivity index (χ1n) is 26.3. The van der Waals surface area contributed by atoms with Crippen LogP contribution in [0.3, 0.4) is 0 Å². The molecule has 1 heterocycles. The Morgan fingerprint density at radius 3 is 1.99 bits per heavy atom. The van der Waals surface area contributed by atoms with Gasteiger partial charge in [0.15, 0.2) is 6.29 Å². The lowest BCUT2D eigenvalue weighted by Crippen LogP contribution is -2.60. The van der Waals surface area contributed by atoms with Gasteiger partial charge >= 0.3 is 0 Å². The lowest BCUT2D eigenvalue weighted by Gasteiger charge is -2.58. The predicted molar refractivity (Wildman–Crippen MR) is 275 cm³/mol. The Balaban J connectivity index is 0.978. The van der Waals surface area contributed by atoms with Gasteiger partial charge < -0.3 is 28.4 Å². The van der Waals surface area contributed by atoms with Gasteiger partial charge in [-0.05, 0) is 139 Å². The third-order valence-electron chi connectivity index (χ3n) is 17.5. The quantitative estimate of drug-likeness (QED) is 0.0818. The van der Waals surface area contributed by atoms with Gasteiger partial charge in [-0.15, -0.1) is 11.8 Å². The van der Waals surface area contributed by atoms with E-state index < -0.39 is 18.5 Å². The standard InChI is InChI=1S/C61H80O6S/c1-42(2)17-16-18-43(3)52-31-32-53-51-30-25-47-37-49(33-35-60(47,4)54(51)34-36-61(52,53)5)66-59-58(68-50-28-26-48(62-6)27-29-50)57(65-40-46-23-14-9-15-24-46)56(64-39-45-21-12-8-13-22-45)55(67-59)41-63-38-44-19-10-7-11-20-44/h7-15,19-29,42-43,49,51-59H,16-18,30-41H2,1-6H3/t43-,49+,51+,52-,53+,54+,55-,56-,57+,58-,59-,60+,61-/m1/s1. The highest BCUT2D eigenvalue weighted by molar-refractivity contribution is 8.00. The van der Waals surface area contributed by atoms with Crippen LogP contribution in [0.5, 0.6) is 5.75 Å². The summed E-state index contributed by atoms with van der Waals surface area (Å²) in [6.45, 7) is 14.4. The molecular formula is C61H80O6S. The van der Waals surface area contributed by atoms with Crippen LogP contribution in [-0.4, -0.2) is 49.7 Å². The first-order valence-corrected chi connectivity index (χ1v) is 27.2. The molecule has 0 amide bonds.